The summed E-state index contributed by atoms with van der Waals surface area (Å²) in [6.07, 6.45) is 4.36. The summed E-state index contributed by atoms with van der Waals surface area (Å²) in [5, 5.41) is -0.355. The molecule has 1 rings (SSSR count). The van der Waals surface area contributed by atoms with Crippen molar-refractivity contribution >= 4 is 9.84 Å². The van der Waals surface area contributed by atoms with E-state index in [9.17, 15) is 8.42 Å². The van der Waals surface area contributed by atoms with Crippen LogP contribution in [-0.2, 0) is 9.84 Å². The SMILES string of the molecule is CC(C)=CC(NN)C1CCCCS1(=O)=O. The number of allylic oxidation sites excluding steroid dienone is 1. The Bertz CT molecular complexity index is 331. The van der Waals surface area contributed by atoms with Crippen LogP contribution < -0.4 is 11.3 Å². The normalized spacial score (nSPS) is 27.0. The van der Waals surface area contributed by atoms with Gasteiger partial charge in [0.05, 0.1) is 17.0 Å². The maximum atomic E-state index is 11.8. The van der Waals surface area contributed by atoms with Crippen molar-refractivity contribution in [3.8, 4) is 0 Å². The third-order valence-corrected chi connectivity index (χ3v) is 5.04. The minimum absolute atomic E-state index is 0.250. The van der Waals surface area contributed by atoms with Crippen molar-refractivity contribution in [1.29, 1.82) is 0 Å². The van der Waals surface area contributed by atoms with Crippen molar-refractivity contribution in [2.45, 2.75) is 44.4 Å². The Balaban J connectivity index is 2.87. The smallest absolute Gasteiger partial charge is 0.155 e. The highest BCUT2D eigenvalue weighted by Crippen LogP contribution is 2.23. The van der Waals surface area contributed by atoms with E-state index >= 15 is 0 Å². The monoisotopic (exact) mass is 232 g/mol. The Labute approximate surface area is 91.8 Å². The molecule has 1 aliphatic heterocycles. The summed E-state index contributed by atoms with van der Waals surface area (Å²) in [4.78, 5) is 0. The second kappa shape index (κ2) is 5.09. The molecule has 0 radical (unpaired) electrons. The van der Waals surface area contributed by atoms with E-state index in [1.807, 2.05) is 19.9 Å². The molecule has 0 bridgehead atoms. The predicted octanol–water partition coefficient (Wildman–Crippen LogP) is 0.752. The van der Waals surface area contributed by atoms with E-state index in [0.717, 1.165) is 18.4 Å². The number of rotatable bonds is 3. The highest BCUT2D eigenvalue weighted by molar-refractivity contribution is 7.92. The molecule has 4 nitrogen and oxygen atoms in total. The zero-order valence-electron chi connectivity index (χ0n) is 9.36. The van der Waals surface area contributed by atoms with Gasteiger partial charge in [-0.3, -0.25) is 11.3 Å². The Kier molecular flexibility index (Phi) is 4.31. The second-order valence-electron chi connectivity index (χ2n) is 4.34. The molecule has 0 aliphatic carbocycles. The molecule has 1 fully saturated rings. The molecule has 3 N–H and O–H groups in total. The van der Waals surface area contributed by atoms with Gasteiger partial charge in [-0.2, -0.15) is 0 Å². The molecular weight excluding hydrogens is 212 g/mol. The molecule has 88 valence electrons. The number of nitrogens with two attached hydrogens (primary N) is 1. The van der Waals surface area contributed by atoms with Gasteiger partial charge in [0.1, 0.15) is 0 Å². The van der Waals surface area contributed by atoms with E-state index in [0.29, 0.717) is 12.2 Å². The first-order valence-corrected chi connectivity index (χ1v) is 7.01. The standard InChI is InChI=1S/C10H20N2O2S/c1-8(2)7-9(12-11)10-5-3-4-6-15(10,13)14/h7,9-10,12H,3-6,11H2,1-2H3. The number of sulfone groups is 1. The minimum Gasteiger partial charge on any atom is -0.271 e. The number of hydrogen-bond acceptors (Lipinski definition) is 4. The van der Waals surface area contributed by atoms with Crippen molar-refractivity contribution in [3.63, 3.8) is 0 Å². The molecular formula is C10H20N2O2S. The van der Waals surface area contributed by atoms with Crippen LogP contribution in [0.2, 0.25) is 0 Å². The maximum absolute atomic E-state index is 11.8. The van der Waals surface area contributed by atoms with E-state index < -0.39 is 9.84 Å². The Morgan fingerprint density at radius 2 is 2.13 bits per heavy atom. The van der Waals surface area contributed by atoms with E-state index in [-0.39, 0.29) is 11.3 Å². The summed E-state index contributed by atoms with van der Waals surface area (Å²) in [5.74, 6) is 5.71. The van der Waals surface area contributed by atoms with E-state index in [2.05, 4.69) is 5.43 Å². The minimum atomic E-state index is -2.97. The first-order chi connectivity index (χ1) is 6.97. The number of hydrazine groups is 1. The van der Waals surface area contributed by atoms with Gasteiger partial charge in [-0.05, 0) is 26.7 Å². The van der Waals surface area contributed by atoms with Gasteiger partial charge in [-0.15, -0.1) is 0 Å². The average molecular weight is 232 g/mol. The molecule has 0 aromatic rings. The lowest BCUT2D eigenvalue weighted by Gasteiger charge is -2.28. The molecule has 2 unspecified atom stereocenters. The van der Waals surface area contributed by atoms with Crippen LogP contribution in [0, 0.1) is 0 Å². The molecule has 5 heteroatoms. The fourth-order valence-electron chi connectivity index (χ4n) is 2.00. The van der Waals surface area contributed by atoms with Gasteiger partial charge in [0.25, 0.3) is 0 Å². The first kappa shape index (κ1) is 12.7. The summed E-state index contributed by atoms with van der Waals surface area (Å²) in [5.41, 5.74) is 3.69. The number of hydrogen-bond donors (Lipinski definition) is 2. The lowest BCUT2D eigenvalue weighted by molar-refractivity contribution is 0.486. The third-order valence-electron chi connectivity index (χ3n) is 2.73. The zero-order valence-corrected chi connectivity index (χ0v) is 10.2. The summed E-state index contributed by atoms with van der Waals surface area (Å²) in [6, 6.07) is -0.250. The lowest BCUT2D eigenvalue weighted by Crippen LogP contribution is -2.48. The molecule has 1 saturated heterocycles. The molecule has 1 heterocycles. The molecule has 0 aromatic heterocycles. The van der Waals surface area contributed by atoms with Crippen LogP contribution in [0.25, 0.3) is 0 Å². The van der Waals surface area contributed by atoms with Gasteiger partial charge in [0.2, 0.25) is 0 Å². The van der Waals surface area contributed by atoms with Crippen LogP contribution in [0.1, 0.15) is 33.1 Å². The summed E-state index contributed by atoms with van der Waals surface area (Å²) in [7, 11) is -2.97. The van der Waals surface area contributed by atoms with Crippen LogP contribution in [-0.4, -0.2) is 25.5 Å². The van der Waals surface area contributed by atoms with E-state index in [4.69, 9.17) is 5.84 Å². The van der Waals surface area contributed by atoms with Crippen LogP contribution >= 0.6 is 0 Å². The maximum Gasteiger partial charge on any atom is 0.155 e. The summed E-state index contributed by atoms with van der Waals surface area (Å²) in [6.45, 7) is 3.89. The Morgan fingerprint density at radius 1 is 1.47 bits per heavy atom. The van der Waals surface area contributed by atoms with Gasteiger partial charge >= 0.3 is 0 Å². The van der Waals surface area contributed by atoms with Crippen molar-refractivity contribution in [2.75, 3.05) is 5.75 Å². The van der Waals surface area contributed by atoms with Crippen LogP contribution in [0.5, 0.6) is 0 Å². The molecule has 0 aromatic carbocycles. The quantitative estimate of drug-likeness (QED) is 0.428. The molecule has 2 atom stereocenters. The van der Waals surface area contributed by atoms with Gasteiger partial charge in [-0.25, -0.2) is 8.42 Å². The second-order valence-corrected chi connectivity index (χ2v) is 6.68. The van der Waals surface area contributed by atoms with Crippen LogP contribution in [0.15, 0.2) is 11.6 Å². The van der Waals surface area contributed by atoms with Gasteiger partial charge in [-0.1, -0.05) is 18.1 Å². The third kappa shape index (κ3) is 3.29. The Morgan fingerprint density at radius 3 is 2.60 bits per heavy atom. The van der Waals surface area contributed by atoms with Gasteiger partial charge in [0, 0.05) is 0 Å². The molecule has 15 heavy (non-hydrogen) atoms. The Hall–Kier alpha value is -0.390. The topological polar surface area (TPSA) is 72.2 Å². The van der Waals surface area contributed by atoms with Crippen molar-refractivity contribution in [3.05, 3.63) is 11.6 Å². The van der Waals surface area contributed by atoms with Gasteiger partial charge in [0.15, 0.2) is 9.84 Å². The van der Waals surface area contributed by atoms with Crippen molar-refractivity contribution < 1.29 is 8.42 Å². The predicted molar refractivity (Wildman–Crippen MR) is 62.0 cm³/mol. The van der Waals surface area contributed by atoms with E-state index in [1.165, 1.54) is 0 Å². The summed E-state index contributed by atoms with van der Waals surface area (Å²) >= 11 is 0. The zero-order chi connectivity index (χ0) is 11.5. The highest BCUT2D eigenvalue weighted by atomic mass is 32.2. The average Bonchev–Trinajstić information content (AvgIpc) is 2.14. The van der Waals surface area contributed by atoms with Crippen LogP contribution in [0.3, 0.4) is 0 Å². The highest BCUT2D eigenvalue weighted by Gasteiger charge is 2.33. The van der Waals surface area contributed by atoms with Crippen molar-refractivity contribution in [2.24, 2.45) is 5.84 Å². The van der Waals surface area contributed by atoms with Gasteiger partial charge < -0.3 is 0 Å². The molecule has 0 amide bonds. The van der Waals surface area contributed by atoms with Crippen molar-refractivity contribution in [1.82, 2.24) is 5.43 Å². The fourth-order valence-corrected chi connectivity index (χ4v) is 4.04. The number of nitrogens with one attached hydrogen (secondary N) is 1. The molecule has 1 aliphatic rings. The molecule has 0 spiro atoms. The lowest BCUT2D eigenvalue weighted by atomic mass is 10.1. The molecule has 0 saturated carbocycles. The fraction of sp³-hybridized carbons (Fsp3) is 0.800. The first-order valence-electron chi connectivity index (χ1n) is 5.30. The largest absolute Gasteiger partial charge is 0.271 e. The van der Waals surface area contributed by atoms with E-state index in [1.54, 1.807) is 0 Å². The van der Waals surface area contributed by atoms with Crippen LogP contribution in [0.4, 0.5) is 0 Å². The summed E-state index contributed by atoms with van der Waals surface area (Å²) < 4.78 is 23.7.